The maximum atomic E-state index is 13.4. The van der Waals surface area contributed by atoms with Crippen LogP contribution in [0.25, 0.3) is 0 Å². The lowest BCUT2D eigenvalue weighted by Crippen LogP contribution is -2.13. The van der Waals surface area contributed by atoms with Crippen LogP contribution in [0.2, 0.25) is 5.02 Å². The van der Waals surface area contributed by atoms with Gasteiger partial charge >= 0.3 is 5.97 Å². The van der Waals surface area contributed by atoms with Gasteiger partial charge in [0.25, 0.3) is 0 Å². The van der Waals surface area contributed by atoms with E-state index >= 15 is 0 Å². The van der Waals surface area contributed by atoms with Crippen LogP contribution in [0.15, 0.2) is 22.0 Å². The number of carbonyl (C=O) groups is 1. The summed E-state index contributed by atoms with van der Waals surface area (Å²) in [5.74, 6) is -0.860. The van der Waals surface area contributed by atoms with Gasteiger partial charge in [0, 0.05) is 4.90 Å². The molecule has 0 saturated heterocycles. The van der Waals surface area contributed by atoms with Crippen molar-refractivity contribution in [3.63, 3.8) is 0 Å². The van der Waals surface area contributed by atoms with E-state index in [0.29, 0.717) is 4.90 Å². The quantitative estimate of drug-likeness (QED) is 0.352. The summed E-state index contributed by atoms with van der Waals surface area (Å²) < 4.78 is 18.4. The molecule has 7 heteroatoms. The van der Waals surface area contributed by atoms with Crippen molar-refractivity contribution in [2.45, 2.75) is 24.8 Å². The number of aliphatic imine (C=N–C) groups is 1. The zero-order valence-electron chi connectivity index (χ0n) is 10.3. The van der Waals surface area contributed by atoms with Crippen molar-refractivity contribution >= 4 is 52.4 Å². The van der Waals surface area contributed by atoms with Crippen LogP contribution < -0.4 is 0 Å². The molecule has 1 rings (SSSR count). The zero-order chi connectivity index (χ0) is 14.4. The summed E-state index contributed by atoms with van der Waals surface area (Å²) >= 11 is 11.5. The number of rotatable bonds is 5. The Bertz CT molecular complexity index is 531. The molecule has 0 fully saturated rings. The van der Waals surface area contributed by atoms with Gasteiger partial charge in [-0.15, -0.1) is 11.8 Å². The third-order valence-corrected chi connectivity index (χ3v) is 3.42. The van der Waals surface area contributed by atoms with E-state index in [2.05, 4.69) is 22.4 Å². The predicted molar refractivity (Wildman–Crippen MR) is 78.0 cm³/mol. The normalized spacial score (nSPS) is 10.2. The van der Waals surface area contributed by atoms with Gasteiger partial charge < -0.3 is 4.74 Å². The number of hydrogen-bond acceptors (Lipinski definition) is 5. The van der Waals surface area contributed by atoms with Crippen molar-refractivity contribution in [1.82, 2.24) is 0 Å². The number of hydrogen-bond donors (Lipinski definition) is 0. The highest BCUT2D eigenvalue weighted by Gasteiger charge is 2.12. The highest BCUT2D eigenvalue weighted by molar-refractivity contribution is 8.00. The number of nitrogens with zero attached hydrogens (tertiary/aromatic N) is 1. The van der Waals surface area contributed by atoms with Gasteiger partial charge in [0.15, 0.2) is 5.82 Å². The molecule has 0 heterocycles. The molecule has 0 aliphatic rings. The third-order valence-electron chi connectivity index (χ3n) is 1.88. The SMILES string of the molecule is CC(C)OC(=O)CSc1cc(N=C=S)c(F)cc1Cl. The Kier molecular flexibility index (Phi) is 6.45. The minimum atomic E-state index is -0.587. The van der Waals surface area contributed by atoms with Crippen LogP contribution in [0.4, 0.5) is 10.1 Å². The molecule has 0 radical (unpaired) electrons. The van der Waals surface area contributed by atoms with Crippen molar-refractivity contribution in [1.29, 1.82) is 0 Å². The van der Waals surface area contributed by atoms with Gasteiger partial charge in [-0.1, -0.05) is 11.6 Å². The number of esters is 1. The smallest absolute Gasteiger partial charge is 0.316 e. The molecule has 3 nitrogen and oxygen atoms in total. The van der Waals surface area contributed by atoms with E-state index in [9.17, 15) is 9.18 Å². The number of thioether (sulfide) groups is 1. The first-order valence-electron chi connectivity index (χ1n) is 5.33. The molecule has 0 aliphatic carbocycles. The van der Waals surface area contributed by atoms with Crippen LogP contribution in [0.5, 0.6) is 0 Å². The second-order valence-electron chi connectivity index (χ2n) is 3.76. The first-order valence-corrected chi connectivity index (χ1v) is 7.10. The fraction of sp³-hybridized carbons (Fsp3) is 0.333. The summed E-state index contributed by atoms with van der Waals surface area (Å²) in [5.41, 5.74) is 0.0409. The fourth-order valence-electron chi connectivity index (χ4n) is 1.20. The van der Waals surface area contributed by atoms with E-state index in [4.69, 9.17) is 16.3 Å². The summed E-state index contributed by atoms with van der Waals surface area (Å²) in [5, 5.41) is 2.30. The van der Waals surface area contributed by atoms with E-state index in [1.165, 1.54) is 6.07 Å². The van der Waals surface area contributed by atoms with E-state index in [-0.39, 0.29) is 28.5 Å². The number of isothiocyanates is 1. The van der Waals surface area contributed by atoms with Crippen molar-refractivity contribution in [3.8, 4) is 0 Å². The molecule has 0 unspecified atom stereocenters. The highest BCUT2D eigenvalue weighted by atomic mass is 35.5. The van der Waals surface area contributed by atoms with Gasteiger partial charge in [-0.3, -0.25) is 4.79 Å². The first-order chi connectivity index (χ1) is 8.93. The molecule has 19 heavy (non-hydrogen) atoms. The van der Waals surface area contributed by atoms with Crippen molar-refractivity contribution in [2.24, 2.45) is 4.99 Å². The van der Waals surface area contributed by atoms with Crippen molar-refractivity contribution in [3.05, 3.63) is 23.0 Å². The summed E-state index contributed by atoms with van der Waals surface area (Å²) in [6.07, 6.45) is -0.174. The topological polar surface area (TPSA) is 38.7 Å². The van der Waals surface area contributed by atoms with Crippen LogP contribution in [-0.4, -0.2) is 23.0 Å². The predicted octanol–water partition coefficient (Wildman–Crippen LogP) is 4.26. The maximum absolute atomic E-state index is 13.4. The van der Waals surface area contributed by atoms with Gasteiger partial charge in [0.2, 0.25) is 0 Å². The van der Waals surface area contributed by atoms with Gasteiger partial charge in [0.1, 0.15) is 5.69 Å². The lowest BCUT2D eigenvalue weighted by Gasteiger charge is -2.08. The second-order valence-corrected chi connectivity index (χ2v) is 5.37. The molecular weight excluding hydrogens is 309 g/mol. The van der Waals surface area contributed by atoms with Gasteiger partial charge in [-0.25, -0.2) is 4.39 Å². The summed E-state index contributed by atoms with van der Waals surface area (Å²) in [6.45, 7) is 3.53. The Morgan fingerprint density at radius 3 is 2.89 bits per heavy atom. The maximum Gasteiger partial charge on any atom is 0.316 e. The van der Waals surface area contributed by atoms with Crippen LogP contribution in [0, 0.1) is 5.82 Å². The summed E-state index contributed by atoms with van der Waals surface area (Å²) in [6, 6.07) is 2.55. The number of carbonyl (C=O) groups excluding carboxylic acids is 1. The highest BCUT2D eigenvalue weighted by Crippen LogP contribution is 2.33. The molecule has 0 aliphatic heterocycles. The molecule has 1 aromatic carbocycles. The van der Waals surface area contributed by atoms with E-state index < -0.39 is 5.82 Å². The number of benzene rings is 1. The Hall–Kier alpha value is -0.940. The molecule has 0 aromatic heterocycles. The molecule has 1 aromatic rings. The largest absolute Gasteiger partial charge is 0.462 e. The minimum Gasteiger partial charge on any atom is -0.462 e. The average Bonchev–Trinajstić information content (AvgIpc) is 2.30. The number of ether oxygens (including phenoxy) is 1. The summed E-state index contributed by atoms with van der Waals surface area (Å²) in [7, 11) is 0. The molecule has 0 saturated carbocycles. The third kappa shape index (κ3) is 5.28. The minimum absolute atomic E-state index is 0.0409. The standard InChI is InChI=1S/C12H11ClFNO2S2/c1-7(2)17-12(16)5-19-11-4-10(15-6-18)9(14)3-8(11)13/h3-4,7H,5H2,1-2H3. The van der Waals surface area contributed by atoms with Crippen molar-refractivity contribution < 1.29 is 13.9 Å². The molecule has 102 valence electrons. The lowest BCUT2D eigenvalue weighted by atomic mass is 10.3. The summed E-state index contributed by atoms with van der Waals surface area (Å²) in [4.78, 5) is 15.5. The molecule has 0 bridgehead atoms. The number of halogens is 2. The van der Waals surface area contributed by atoms with Crippen LogP contribution >= 0.6 is 35.6 Å². The second kappa shape index (κ2) is 7.60. The molecule has 0 N–H and O–H groups in total. The number of thiocarbonyl (C=S) groups is 1. The van der Waals surface area contributed by atoms with Crippen LogP contribution in [-0.2, 0) is 9.53 Å². The van der Waals surface area contributed by atoms with Crippen LogP contribution in [0.3, 0.4) is 0 Å². The Morgan fingerprint density at radius 2 is 2.32 bits per heavy atom. The monoisotopic (exact) mass is 319 g/mol. The Labute approximate surface area is 125 Å². The molecule has 0 atom stereocenters. The van der Waals surface area contributed by atoms with Gasteiger partial charge in [-0.05, 0) is 38.2 Å². The van der Waals surface area contributed by atoms with Gasteiger partial charge in [-0.2, -0.15) is 4.99 Å². The zero-order valence-corrected chi connectivity index (χ0v) is 12.7. The fourth-order valence-corrected chi connectivity index (χ4v) is 2.34. The average molecular weight is 320 g/mol. The first kappa shape index (κ1) is 16.1. The molecule has 0 amide bonds. The molecule has 0 spiro atoms. The van der Waals surface area contributed by atoms with E-state index in [1.807, 2.05) is 0 Å². The van der Waals surface area contributed by atoms with Crippen LogP contribution in [0.1, 0.15) is 13.8 Å². The Balaban J connectivity index is 2.81. The van der Waals surface area contributed by atoms with Crippen molar-refractivity contribution in [2.75, 3.05) is 5.75 Å². The van der Waals surface area contributed by atoms with E-state index in [1.54, 1.807) is 13.8 Å². The molecular formula is C12H11ClFNO2S2. The lowest BCUT2D eigenvalue weighted by molar-refractivity contribution is -0.144. The van der Waals surface area contributed by atoms with E-state index in [0.717, 1.165) is 17.8 Å². The van der Waals surface area contributed by atoms with Gasteiger partial charge in [0.05, 0.1) is 22.0 Å². The Morgan fingerprint density at radius 1 is 1.63 bits per heavy atom.